The fourth-order valence-electron chi connectivity index (χ4n) is 5.06. The van der Waals surface area contributed by atoms with Crippen molar-refractivity contribution in [2.75, 3.05) is 0 Å². The second-order valence-electron chi connectivity index (χ2n) is 9.51. The highest BCUT2D eigenvalue weighted by Crippen LogP contribution is 2.33. The lowest BCUT2D eigenvalue weighted by Gasteiger charge is -2.08. The number of nitrogens with zero attached hydrogens (tertiary/aromatic N) is 2. The number of ketones is 1. The molecule has 0 saturated heterocycles. The molecule has 0 spiro atoms. The minimum Gasteiger partial charge on any atom is -0.456 e. The van der Waals surface area contributed by atoms with Crippen molar-refractivity contribution in [3.05, 3.63) is 144 Å². The predicted molar refractivity (Wildman–Crippen MR) is 154 cm³/mol. The third-order valence-corrected chi connectivity index (χ3v) is 7.00. The van der Waals surface area contributed by atoms with Crippen LogP contribution in [-0.4, -0.2) is 15.3 Å². The number of aromatic nitrogens is 2. The van der Waals surface area contributed by atoms with E-state index in [4.69, 9.17) is 13.8 Å². The average Bonchev–Trinajstić information content (AvgIpc) is 3.69. The van der Waals surface area contributed by atoms with Crippen molar-refractivity contribution in [2.45, 2.75) is 13.0 Å². The molecule has 0 atom stereocenters. The second-order valence-corrected chi connectivity index (χ2v) is 9.51. The Kier molecular flexibility index (Phi) is 5.67. The predicted octanol–water partition coefficient (Wildman–Crippen LogP) is 8.09. The Morgan fingerprint density at radius 2 is 1.31 bits per heavy atom. The van der Waals surface area contributed by atoms with Crippen molar-refractivity contribution in [3.8, 4) is 0 Å². The Morgan fingerprint density at radius 1 is 0.718 bits per heavy atom. The van der Waals surface area contributed by atoms with E-state index >= 15 is 0 Å². The van der Waals surface area contributed by atoms with Crippen molar-refractivity contribution < 1.29 is 13.6 Å². The van der Waals surface area contributed by atoms with Crippen LogP contribution in [0.25, 0.3) is 38.5 Å². The van der Waals surface area contributed by atoms with Gasteiger partial charge in [-0.2, -0.15) is 0 Å². The van der Waals surface area contributed by atoms with Gasteiger partial charge in [0.05, 0.1) is 23.2 Å². The molecule has 0 radical (unpaired) electrons. The van der Waals surface area contributed by atoms with E-state index in [1.807, 2.05) is 120 Å². The van der Waals surface area contributed by atoms with Crippen LogP contribution in [0, 0.1) is 0 Å². The van der Waals surface area contributed by atoms with Gasteiger partial charge in [0.15, 0.2) is 5.78 Å². The van der Waals surface area contributed by atoms with Gasteiger partial charge in [-0.05, 0) is 36.4 Å². The van der Waals surface area contributed by atoms with E-state index in [-0.39, 0.29) is 12.3 Å². The highest BCUT2D eigenvalue weighted by molar-refractivity contribution is 5.96. The molecule has 0 aliphatic carbocycles. The van der Waals surface area contributed by atoms with E-state index in [1.165, 1.54) is 0 Å². The van der Waals surface area contributed by atoms with Gasteiger partial charge in [0, 0.05) is 22.8 Å². The summed E-state index contributed by atoms with van der Waals surface area (Å²) >= 11 is 0. The maximum Gasteiger partial charge on any atom is 0.182 e. The van der Waals surface area contributed by atoms with Gasteiger partial charge in [-0.1, -0.05) is 84.9 Å². The van der Waals surface area contributed by atoms with Crippen molar-refractivity contribution in [1.82, 2.24) is 9.55 Å². The summed E-state index contributed by atoms with van der Waals surface area (Å²) in [5, 5.41) is 2.05. The minimum absolute atomic E-state index is 0.0405. The molecule has 39 heavy (non-hydrogen) atoms. The van der Waals surface area contributed by atoms with Crippen molar-refractivity contribution in [2.24, 2.45) is 0 Å². The minimum atomic E-state index is 0.0405. The number of fused-ring (bicyclic) bond motifs is 3. The average molecular weight is 509 g/mol. The summed E-state index contributed by atoms with van der Waals surface area (Å²) in [5.41, 5.74) is 4.94. The Labute approximate surface area is 224 Å². The van der Waals surface area contributed by atoms with Gasteiger partial charge in [0.25, 0.3) is 0 Å². The first-order chi connectivity index (χ1) is 19.2. The standard InChI is InChI=1S/C34H24N2O3/c37-29(23-10-2-1-3-11-23)22-36-28-15-7-6-14-27(28)35-34(36)19-18-26(32-20-24-12-4-8-16-30(24)38-32)33-21-25-13-5-9-17-31(25)39-33/h1-18,20-21H,19,22H2. The van der Waals surface area contributed by atoms with Crippen molar-refractivity contribution >= 4 is 44.3 Å². The molecule has 3 aromatic heterocycles. The molecule has 0 aliphatic rings. The summed E-state index contributed by atoms with van der Waals surface area (Å²) in [6, 6.07) is 37.3. The Balaban J connectivity index is 1.33. The van der Waals surface area contributed by atoms with Crippen LogP contribution in [0.3, 0.4) is 0 Å². The molecule has 0 saturated carbocycles. The quantitative estimate of drug-likeness (QED) is 0.204. The fraction of sp³-hybridized carbons (Fsp3) is 0.0588. The maximum absolute atomic E-state index is 13.2. The highest BCUT2D eigenvalue weighted by Gasteiger charge is 2.18. The molecule has 0 aliphatic heterocycles. The van der Waals surface area contributed by atoms with Crippen LogP contribution in [0.4, 0.5) is 0 Å². The first kappa shape index (κ1) is 23.0. The molecule has 4 aromatic carbocycles. The summed E-state index contributed by atoms with van der Waals surface area (Å²) in [4.78, 5) is 18.1. The summed E-state index contributed by atoms with van der Waals surface area (Å²) in [6.07, 6.45) is 2.57. The Bertz CT molecular complexity index is 1850. The van der Waals surface area contributed by atoms with Gasteiger partial charge in [0.1, 0.15) is 28.5 Å². The van der Waals surface area contributed by atoms with E-state index in [0.29, 0.717) is 12.0 Å². The second kappa shape index (κ2) is 9.62. The van der Waals surface area contributed by atoms with Crippen LogP contribution in [0.2, 0.25) is 0 Å². The van der Waals surface area contributed by atoms with Gasteiger partial charge in [-0.25, -0.2) is 4.98 Å². The lowest BCUT2D eigenvalue weighted by molar-refractivity contribution is 0.0972. The topological polar surface area (TPSA) is 61.2 Å². The number of hydrogen-bond donors (Lipinski definition) is 0. The van der Waals surface area contributed by atoms with E-state index in [1.54, 1.807) is 0 Å². The Hall–Kier alpha value is -5.16. The van der Waals surface area contributed by atoms with Crippen LogP contribution < -0.4 is 0 Å². The number of imidazole rings is 1. The number of hydrogen-bond acceptors (Lipinski definition) is 4. The van der Waals surface area contributed by atoms with Gasteiger partial charge < -0.3 is 13.4 Å². The molecule has 5 heteroatoms. The van der Waals surface area contributed by atoms with E-state index in [2.05, 4.69) is 6.08 Å². The number of para-hydroxylation sites is 4. The number of rotatable bonds is 7. The maximum atomic E-state index is 13.2. The number of benzene rings is 4. The normalized spacial score (nSPS) is 11.4. The molecule has 0 bridgehead atoms. The van der Waals surface area contributed by atoms with E-state index in [0.717, 1.165) is 55.9 Å². The van der Waals surface area contributed by atoms with Gasteiger partial charge >= 0.3 is 0 Å². The number of allylic oxidation sites excluding steroid dienone is 1. The number of carbonyl (C=O) groups is 1. The van der Waals surface area contributed by atoms with E-state index < -0.39 is 0 Å². The van der Waals surface area contributed by atoms with Crippen LogP contribution in [0.1, 0.15) is 27.7 Å². The first-order valence-electron chi connectivity index (χ1n) is 12.9. The number of furan rings is 2. The summed E-state index contributed by atoms with van der Waals surface area (Å²) in [5.74, 6) is 2.28. The number of Topliss-reactive ketones (excluding diaryl/α,β-unsaturated/α-hetero) is 1. The zero-order valence-electron chi connectivity index (χ0n) is 21.1. The van der Waals surface area contributed by atoms with Crippen LogP contribution >= 0.6 is 0 Å². The van der Waals surface area contributed by atoms with E-state index in [9.17, 15) is 4.79 Å². The molecule has 5 nitrogen and oxygen atoms in total. The first-order valence-corrected chi connectivity index (χ1v) is 12.9. The molecule has 0 amide bonds. The third-order valence-electron chi connectivity index (χ3n) is 7.00. The smallest absolute Gasteiger partial charge is 0.182 e. The SMILES string of the molecule is O=C(Cn1c(CC=C(c2cc3ccccc3o2)c2cc3ccccc3o2)nc2ccccc21)c1ccccc1. The molecule has 188 valence electrons. The Morgan fingerprint density at radius 3 is 1.97 bits per heavy atom. The fourth-order valence-corrected chi connectivity index (χ4v) is 5.06. The molecular formula is C34H24N2O3. The lowest BCUT2D eigenvalue weighted by Crippen LogP contribution is -2.13. The summed E-state index contributed by atoms with van der Waals surface area (Å²) in [7, 11) is 0. The van der Waals surface area contributed by atoms with Crippen molar-refractivity contribution in [1.29, 1.82) is 0 Å². The van der Waals surface area contributed by atoms with Gasteiger partial charge in [-0.3, -0.25) is 4.79 Å². The molecule has 0 N–H and O–H groups in total. The zero-order valence-corrected chi connectivity index (χ0v) is 21.1. The highest BCUT2D eigenvalue weighted by atomic mass is 16.4. The molecular weight excluding hydrogens is 484 g/mol. The largest absolute Gasteiger partial charge is 0.456 e. The zero-order chi connectivity index (χ0) is 26.2. The van der Waals surface area contributed by atoms with Crippen LogP contribution in [0.5, 0.6) is 0 Å². The van der Waals surface area contributed by atoms with Gasteiger partial charge in [-0.15, -0.1) is 0 Å². The molecule has 7 rings (SSSR count). The summed E-state index contributed by atoms with van der Waals surface area (Å²) < 4.78 is 14.6. The molecule has 0 fully saturated rings. The molecule has 0 unspecified atom stereocenters. The monoisotopic (exact) mass is 508 g/mol. The third kappa shape index (κ3) is 4.34. The molecule has 7 aromatic rings. The van der Waals surface area contributed by atoms with Gasteiger partial charge in [0.2, 0.25) is 0 Å². The lowest BCUT2D eigenvalue weighted by atomic mass is 10.1. The summed E-state index contributed by atoms with van der Waals surface area (Å²) in [6.45, 7) is 0.207. The van der Waals surface area contributed by atoms with Crippen LogP contribution in [-0.2, 0) is 13.0 Å². The number of carbonyl (C=O) groups excluding carboxylic acids is 1. The van der Waals surface area contributed by atoms with Crippen molar-refractivity contribution in [3.63, 3.8) is 0 Å². The van der Waals surface area contributed by atoms with Crippen LogP contribution in [0.15, 0.2) is 130 Å². The molecule has 3 heterocycles.